The molecule has 0 heterocycles. The monoisotopic (exact) mass is 242 g/mol. The maximum Gasteiger partial charge on any atom is 0.127 e. The molecule has 0 spiro atoms. The lowest BCUT2D eigenvalue weighted by atomic mass is 10.2. The largest absolute Gasteiger partial charge is 0.493 e. The summed E-state index contributed by atoms with van der Waals surface area (Å²) in [5.41, 5.74) is 0.999. The smallest absolute Gasteiger partial charge is 0.127 e. The molecule has 0 aliphatic carbocycles. The van der Waals surface area contributed by atoms with E-state index in [2.05, 4.69) is 6.92 Å². The van der Waals surface area contributed by atoms with E-state index in [-0.39, 0.29) is 6.10 Å². The molecule has 0 unspecified atom stereocenters. The first kappa shape index (κ1) is 13.2. The fraction of sp³-hybridized carbons (Fsp3) is 0.538. The van der Waals surface area contributed by atoms with Crippen LogP contribution in [-0.4, -0.2) is 12.7 Å². The molecule has 3 heteroatoms. The van der Waals surface area contributed by atoms with Gasteiger partial charge in [0.05, 0.1) is 18.6 Å². The highest BCUT2D eigenvalue weighted by atomic mass is 35.5. The van der Waals surface area contributed by atoms with Gasteiger partial charge in [-0.15, -0.1) is 11.6 Å². The van der Waals surface area contributed by atoms with Crippen LogP contribution in [0.4, 0.5) is 0 Å². The van der Waals surface area contributed by atoms with Gasteiger partial charge in [-0.05, 0) is 26.3 Å². The lowest BCUT2D eigenvalue weighted by Gasteiger charge is -2.14. The summed E-state index contributed by atoms with van der Waals surface area (Å²) in [4.78, 5) is 0. The molecule has 2 nitrogen and oxygen atoms in total. The van der Waals surface area contributed by atoms with Gasteiger partial charge >= 0.3 is 0 Å². The number of hydrogen-bond acceptors (Lipinski definition) is 2. The van der Waals surface area contributed by atoms with Gasteiger partial charge in [0.15, 0.2) is 0 Å². The second-order valence-corrected chi connectivity index (χ2v) is 4.19. The molecule has 0 aliphatic rings. The lowest BCUT2D eigenvalue weighted by Crippen LogP contribution is -2.07. The van der Waals surface area contributed by atoms with Crippen molar-refractivity contribution in [1.82, 2.24) is 0 Å². The van der Waals surface area contributed by atoms with Crippen molar-refractivity contribution in [3.8, 4) is 11.5 Å². The van der Waals surface area contributed by atoms with E-state index >= 15 is 0 Å². The summed E-state index contributed by atoms with van der Waals surface area (Å²) >= 11 is 5.85. The average Bonchev–Trinajstić information content (AvgIpc) is 2.26. The molecule has 1 rings (SSSR count). The normalized spacial score (nSPS) is 10.6. The van der Waals surface area contributed by atoms with Crippen LogP contribution in [0, 0.1) is 0 Å². The van der Waals surface area contributed by atoms with Crippen molar-refractivity contribution in [3.05, 3.63) is 23.8 Å². The number of hydrogen-bond donors (Lipinski definition) is 0. The zero-order valence-electron chi connectivity index (χ0n) is 10.1. The molecule has 0 aliphatic heterocycles. The van der Waals surface area contributed by atoms with E-state index in [0.29, 0.717) is 5.88 Å². The Labute approximate surface area is 103 Å². The van der Waals surface area contributed by atoms with E-state index in [4.69, 9.17) is 21.1 Å². The van der Waals surface area contributed by atoms with E-state index < -0.39 is 0 Å². The maximum atomic E-state index is 5.85. The summed E-state index contributed by atoms with van der Waals surface area (Å²) in [7, 11) is 0. The highest BCUT2D eigenvalue weighted by Gasteiger charge is 2.07. The van der Waals surface area contributed by atoms with Gasteiger partial charge in [0, 0.05) is 11.6 Å². The van der Waals surface area contributed by atoms with Gasteiger partial charge in [0.25, 0.3) is 0 Å². The summed E-state index contributed by atoms with van der Waals surface area (Å²) in [6.45, 7) is 6.80. The first-order valence-corrected chi connectivity index (χ1v) is 6.19. The Morgan fingerprint density at radius 1 is 1.31 bits per heavy atom. The number of rotatable bonds is 6. The molecular formula is C13H19ClO2. The molecule has 0 radical (unpaired) electrons. The SMILES string of the molecule is CCCOc1ccc(CCl)c(OC(C)C)c1. The molecule has 0 saturated carbocycles. The lowest BCUT2D eigenvalue weighted by molar-refractivity contribution is 0.238. The molecule has 0 bridgehead atoms. The Kier molecular flexibility index (Phi) is 5.47. The molecule has 0 atom stereocenters. The zero-order chi connectivity index (χ0) is 12.0. The van der Waals surface area contributed by atoms with Crippen LogP contribution >= 0.6 is 11.6 Å². The van der Waals surface area contributed by atoms with Gasteiger partial charge in [-0.3, -0.25) is 0 Å². The second-order valence-electron chi connectivity index (χ2n) is 3.92. The third kappa shape index (κ3) is 3.93. The molecule has 0 aromatic heterocycles. The molecular weight excluding hydrogens is 224 g/mol. The van der Waals surface area contributed by atoms with Crippen molar-refractivity contribution in [3.63, 3.8) is 0 Å². The van der Waals surface area contributed by atoms with E-state index in [0.717, 1.165) is 30.1 Å². The third-order valence-corrected chi connectivity index (χ3v) is 2.31. The summed E-state index contributed by atoms with van der Waals surface area (Å²) in [5, 5.41) is 0. The third-order valence-electron chi connectivity index (χ3n) is 2.02. The van der Waals surface area contributed by atoms with Crippen LogP contribution in [0.15, 0.2) is 18.2 Å². The zero-order valence-corrected chi connectivity index (χ0v) is 10.9. The number of ether oxygens (including phenoxy) is 2. The van der Waals surface area contributed by atoms with Crippen LogP contribution in [0.1, 0.15) is 32.8 Å². The Morgan fingerprint density at radius 3 is 2.62 bits per heavy atom. The van der Waals surface area contributed by atoms with Gasteiger partial charge in [-0.1, -0.05) is 13.0 Å². The number of benzene rings is 1. The standard InChI is InChI=1S/C13H19ClO2/c1-4-7-15-12-6-5-11(9-14)13(8-12)16-10(2)3/h5-6,8,10H,4,7,9H2,1-3H3. The number of alkyl halides is 1. The molecule has 90 valence electrons. The molecule has 1 aromatic rings. The highest BCUT2D eigenvalue weighted by molar-refractivity contribution is 6.17. The van der Waals surface area contributed by atoms with Crippen molar-refractivity contribution in [2.45, 2.75) is 39.2 Å². The van der Waals surface area contributed by atoms with Gasteiger partial charge in [-0.2, -0.15) is 0 Å². The Hall–Kier alpha value is -0.890. The molecule has 0 saturated heterocycles. The van der Waals surface area contributed by atoms with Crippen LogP contribution < -0.4 is 9.47 Å². The predicted octanol–water partition coefficient (Wildman–Crippen LogP) is 4.00. The van der Waals surface area contributed by atoms with Gasteiger partial charge in [0.2, 0.25) is 0 Å². The molecule has 0 N–H and O–H groups in total. The van der Waals surface area contributed by atoms with E-state index in [1.807, 2.05) is 32.0 Å². The Morgan fingerprint density at radius 2 is 2.06 bits per heavy atom. The van der Waals surface area contributed by atoms with Gasteiger partial charge in [0.1, 0.15) is 11.5 Å². The number of halogens is 1. The van der Waals surface area contributed by atoms with Crippen molar-refractivity contribution in [1.29, 1.82) is 0 Å². The molecule has 16 heavy (non-hydrogen) atoms. The minimum atomic E-state index is 0.142. The molecule has 1 aromatic carbocycles. The minimum Gasteiger partial charge on any atom is -0.493 e. The van der Waals surface area contributed by atoms with E-state index in [1.165, 1.54) is 0 Å². The van der Waals surface area contributed by atoms with E-state index in [9.17, 15) is 0 Å². The summed E-state index contributed by atoms with van der Waals surface area (Å²) in [6.07, 6.45) is 1.14. The summed E-state index contributed by atoms with van der Waals surface area (Å²) in [6, 6.07) is 5.80. The Bertz CT molecular complexity index is 324. The van der Waals surface area contributed by atoms with Crippen LogP contribution in [0.3, 0.4) is 0 Å². The maximum absolute atomic E-state index is 5.85. The quantitative estimate of drug-likeness (QED) is 0.702. The van der Waals surface area contributed by atoms with E-state index in [1.54, 1.807) is 0 Å². The van der Waals surface area contributed by atoms with Crippen LogP contribution in [0.2, 0.25) is 0 Å². The predicted molar refractivity (Wildman–Crippen MR) is 67.5 cm³/mol. The fourth-order valence-electron chi connectivity index (χ4n) is 1.32. The summed E-state index contributed by atoms with van der Waals surface area (Å²) < 4.78 is 11.2. The van der Waals surface area contributed by atoms with Gasteiger partial charge in [-0.25, -0.2) is 0 Å². The van der Waals surface area contributed by atoms with Crippen LogP contribution in [-0.2, 0) is 5.88 Å². The topological polar surface area (TPSA) is 18.5 Å². The Balaban J connectivity index is 2.83. The minimum absolute atomic E-state index is 0.142. The van der Waals surface area contributed by atoms with Crippen molar-refractivity contribution < 1.29 is 9.47 Å². The van der Waals surface area contributed by atoms with Crippen LogP contribution in [0.25, 0.3) is 0 Å². The second kappa shape index (κ2) is 6.64. The first-order chi connectivity index (χ1) is 7.67. The van der Waals surface area contributed by atoms with Gasteiger partial charge < -0.3 is 9.47 Å². The van der Waals surface area contributed by atoms with Crippen molar-refractivity contribution >= 4 is 11.6 Å². The van der Waals surface area contributed by atoms with Crippen molar-refractivity contribution in [2.75, 3.05) is 6.61 Å². The molecule has 0 fully saturated rings. The highest BCUT2D eigenvalue weighted by Crippen LogP contribution is 2.27. The average molecular weight is 243 g/mol. The van der Waals surface area contributed by atoms with Crippen molar-refractivity contribution in [2.24, 2.45) is 0 Å². The summed E-state index contributed by atoms with van der Waals surface area (Å²) in [5.74, 6) is 2.11. The van der Waals surface area contributed by atoms with Crippen LogP contribution in [0.5, 0.6) is 11.5 Å². The fourth-order valence-corrected chi connectivity index (χ4v) is 1.54. The molecule has 0 amide bonds. The first-order valence-electron chi connectivity index (χ1n) is 5.65.